The lowest BCUT2D eigenvalue weighted by Gasteiger charge is -2.01. The Morgan fingerprint density at radius 3 is 3.12 bits per heavy atom. The van der Waals surface area contributed by atoms with E-state index in [1.807, 2.05) is 5.38 Å². The molecule has 1 aromatic carbocycles. The predicted molar refractivity (Wildman–Crippen MR) is 90.4 cm³/mol. The summed E-state index contributed by atoms with van der Waals surface area (Å²) in [7, 11) is 0. The molecule has 1 amide bonds. The number of carbonyl (C=O) groups is 1. The first-order valence-electron chi connectivity index (χ1n) is 7.24. The SMILES string of the molecule is O=C(Cc1c[nH]c2ccc(F)cc12)Nc1nc(-c2ccco2)cs1. The average Bonchev–Trinajstić information content (AvgIpc) is 3.28. The van der Waals surface area contributed by atoms with E-state index in [4.69, 9.17) is 4.42 Å². The van der Waals surface area contributed by atoms with Gasteiger partial charge in [-0.1, -0.05) is 0 Å². The minimum atomic E-state index is -0.327. The third kappa shape index (κ3) is 2.81. The van der Waals surface area contributed by atoms with Crippen LogP contribution in [0.25, 0.3) is 22.4 Å². The summed E-state index contributed by atoms with van der Waals surface area (Å²) >= 11 is 1.32. The van der Waals surface area contributed by atoms with Gasteiger partial charge < -0.3 is 14.7 Å². The second kappa shape index (κ2) is 5.93. The molecule has 0 spiro atoms. The average molecular weight is 341 g/mol. The van der Waals surface area contributed by atoms with Gasteiger partial charge >= 0.3 is 0 Å². The van der Waals surface area contributed by atoms with Gasteiger partial charge in [0.1, 0.15) is 11.5 Å². The number of fused-ring (bicyclic) bond motifs is 1. The number of aromatic amines is 1. The number of rotatable bonds is 4. The normalized spacial score (nSPS) is 11.0. The molecule has 24 heavy (non-hydrogen) atoms. The maximum Gasteiger partial charge on any atom is 0.230 e. The molecule has 0 aliphatic rings. The van der Waals surface area contributed by atoms with E-state index in [0.717, 1.165) is 11.1 Å². The van der Waals surface area contributed by atoms with Crippen molar-refractivity contribution in [3.05, 3.63) is 59.6 Å². The van der Waals surface area contributed by atoms with Crippen LogP contribution in [0.1, 0.15) is 5.56 Å². The molecular formula is C17H12FN3O2S. The number of nitrogens with zero attached hydrogens (tertiary/aromatic N) is 1. The summed E-state index contributed by atoms with van der Waals surface area (Å²) < 4.78 is 18.7. The van der Waals surface area contributed by atoms with Crippen molar-refractivity contribution in [2.75, 3.05) is 5.32 Å². The van der Waals surface area contributed by atoms with E-state index in [-0.39, 0.29) is 18.1 Å². The summed E-state index contributed by atoms with van der Waals surface area (Å²) in [6, 6.07) is 8.05. The van der Waals surface area contributed by atoms with Crippen LogP contribution in [-0.2, 0) is 11.2 Å². The Bertz CT molecular complexity index is 1000. The first-order chi connectivity index (χ1) is 11.7. The zero-order valence-corrected chi connectivity index (χ0v) is 13.2. The van der Waals surface area contributed by atoms with Crippen molar-refractivity contribution in [2.24, 2.45) is 0 Å². The van der Waals surface area contributed by atoms with Gasteiger partial charge in [0.05, 0.1) is 12.7 Å². The molecule has 0 saturated heterocycles. The summed E-state index contributed by atoms with van der Waals surface area (Å²) in [6.45, 7) is 0. The highest BCUT2D eigenvalue weighted by molar-refractivity contribution is 7.14. The van der Waals surface area contributed by atoms with Crippen LogP contribution in [0, 0.1) is 5.82 Å². The number of H-pyrrole nitrogens is 1. The Morgan fingerprint density at radius 1 is 1.38 bits per heavy atom. The van der Waals surface area contributed by atoms with E-state index >= 15 is 0 Å². The third-order valence-electron chi connectivity index (χ3n) is 3.60. The van der Waals surface area contributed by atoms with Crippen LogP contribution in [-0.4, -0.2) is 15.9 Å². The Morgan fingerprint density at radius 2 is 2.29 bits per heavy atom. The van der Waals surface area contributed by atoms with Gasteiger partial charge in [0.2, 0.25) is 5.91 Å². The lowest BCUT2D eigenvalue weighted by Crippen LogP contribution is -2.14. The van der Waals surface area contributed by atoms with Crippen molar-refractivity contribution in [3.8, 4) is 11.5 Å². The molecule has 3 aromatic heterocycles. The summed E-state index contributed by atoms with van der Waals surface area (Å²) in [6.07, 6.45) is 3.43. The molecule has 0 aliphatic heterocycles. The number of aromatic nitrogens is 2. The Hall–Kier alpha value is -2.93. The highest BCUT2D eigenvalue weighted by Gasteiger charge is 2.12. The molecule has 4 aromatic rings. The van der Waals surface area contributed by atoms with Crippen LogP contribution in [0.2, 0.25) is 0 Å². The monoisotopic (exact) mass is 341 g/mol. The number of carbonyl (C=O) groups excluding carboxylic acids is 1. The number of benzene rings is 1. The smallest absolute Gasteiger partial charge is 0.230 e. The maximum atomic E-state index is 13.4. The molecule has 0 bridgehead atoms. The van der Waals surface area contributed by atoms with E-state index in [9.17, 15) is 9.18 Å². The van der Waals surface area contributed by atoms with Crippen LogP contribution in [0.15, 0.2) is 52.6 Å². The zero-order valence-electron chi connectivity index (χ0n) is 12.4. The fourth-order valence-electron chi connectivity index (χ4n) is 2.50. The molecule has 0 radical (unpaired) electrons. The van der Waals surface area contributed by atoms with Crippen LogP contribution < -0.4 is 5.32 Å². The number of halogens is 1. The molecule has 0 atom stereocenters. The first-order valence-corrected chi connectivity index (χ1v) is 8.12. The molecule has 7 heteroatoms. The van der Waals surface area contributed by atoms with Gasteiger partial charge in [-0.05, 0) is 35.9 Å². The molecule has 0 aliphatic carbocycles. The molecule has 0 saturated carbocycles. The van der Waals surface area contributed by atoms with Crippen molar-refractivity contribution in [3.63, 3.8) is 0 Å². The van der Waals surface area contributed by atoms with Gasteiger partial charge in [-0.15, -0.1) is 11.3 Å². The van der Waals surface area contributed by atoms with E-state index < -0.39 is 0 Å². The molecule has 2 N–H and O–H groups in total. The number of nitrogens with one attached hydrogen (secondary N) is 2. The van der Waals surface area contributed by atoms with Crippen LogP contribution in [0.3, 0.4) is 0 Å². The van der Waals surface area contributed by atoms with Crippen molar-refractivity contribution >= 4 is 33.3 Å². The molecule has 0 unspecified atom stereocenters. The largest absolute Gasteiger partial charge is 0.463 e. The minimum Gasteiger partial charge on any atom is -0.463 e. The maximum absolute atomic E-state index is 13.4. The summed E-state index contributed by atoms with van der Waals surface area (Å²) in [5.41, 5.74) is 2.22. The third-order valence-corrected chi connectivity index (χ3v) is 4.36. The zero-order chi connectivity index (χ0) is 16.5. The topological polar surface area (TPSA) is 70.9 Å². The van der Waals surface area contributed by atoms with Crippen molar-refractivity contribution in [1.82, 2.24) is 9.97 Å². The summed E-state index contributed by atoms with van der Waals surface area (Å²) in [4.78, 5) is 19.6. The lowest BCUT2D eigenvalue weighted by atomic mass is 10.1. The highest BCUT2D eigenvalue weighted by atomic mass is 32.1. The van der Waals surface area contributed by atoms with E-state index in [1.165, 1.54) is 23.5 Å². The number of hydrogen-bond acceptors (Lipinski definition) is 4. The van der Waals surface area contributed by atoms with Gasteiger partial charge in [0.25, 0.3) is 0 Å². The second-order valence-electron chi connectivity index (χ2n) is 5.24. The molecule has 4 rings (SSSR count). The number of thiazole rings is 1. The number of anilines is 1. The van der Waals surface area contributed by atoms with Crippen molar-refractivity contribution in [1.29, 1.82) is 0 Å². The quantitative estimate of drug-likeness (QED) is 0.584. The first kappa shape index (κ1) is 14.6. The Kier molecular flexibility index (Phi) is 3.62. The van der Waals surface area contributed by atoms with Gasteiger partial charge in [0.15, 0.2) is 10.9 Å². The number of hydrogen-bond donors (Lipinski definition) is 2. The molecule has 5 nitrogen and oxygen atoms in total. The lowest BCUT2D eigenvalue weighted by molar-refractivity contribution is -0.115. The van der Waals surface area contributed by atoms with Gasteiger partial charge in [0, 0.05) is 22.5 Å². The molecule has 120 valence electrons. The van der Waals surface area contributed by atoms with E-state index in [2.05, 4.69) is 15.3 Å². The highest BCUT2D eigenvalue weighted by Crippen LogP contribution is 2.25. The van der Waals surface area contributed by atoms with Crippen molar-refractivity contribution in [2.45, 2.75) is 6.42 Å². The van der Waals surface area contributed by atoms with Gasteiger partial charge in [-0.3, -0.25) is 4.79 Å². The summed E-state index contributed by atoms with van der Waals surface area (Å²) in [5, 5.41) is 5.78. The minimum absolute atomic E-state index is 0.138. The Labute approximate surface area is 140 Å². The standard InChI is InChI=1S/C17H12FN3O2S/c18-11-3-4-13-12(7-11)10(8-19-13)6-16(22)21-17-20-14(9-24-17)15-2-1-5-23-15/h1-5,7-9,19H,6H2,(H,20,21,22). The number of furan rings is 1. The fourth-order valence-corrected chi connectivity index (χ4v) is 3.22. The van der Waals surface area contributed by atoms with Crippen molar-refractivity contribution < 1.29 is 13.6 Å². The molecular weight excluding hydrogens is 329 g/mol. The van der Waals surface area contributed by atoms with Crippen LogP contribution in [0.5, 0.6) is 0 Å². The molecule has 0 fully saturated rings. The van der Waals surface area contributed by atoms with E-state index in [1.54, 1.807) is 30.7 Å². The van der Waals surface area contributed by atoms with Crippen LogP contribution >= 0.6 is 11.3 Å². The van der Waals surface area contributed by atoms with Gasteiger partial charge in [-0.2, -0.15) is 0 Å². The van der Waals surface area contributed by atoms with Crippen LogP contribution in [0.4, 0.5) is 9.52 Å². The Balaban J connectivity index is 1.49. The predicted octanol–water partition coefficient (Wildman–Crippen LogP) is 4.20. The molecule has 3 heterocycles. The summed E-state index contributed by atoms with van der Waals surface area (Å²) in [5.74, 6) is 0.117. The van der Waals surface area contributed by atoms with E-state index in [0.29, 0.717) is 22.0 Å². The van der Waals surface area contributed by atoms with Gasteiger partial charge in [-0.25, -0.2) is 9.37 Å². The second-order valence-corrected chi connectivity index (χ2v) is 6.10. The number of amides is 1. The fraction of sp³-hybridized carbons (Fsp3) is 0.0588.